The van der Waals surface area contributed by atoms with Crippen LogP contribution >= 0.6 is 11.6 Å². The number of carbonyl (C=O) groups excluding carboxylic acids is 1. The smallest absolute Gasteiger partial charge is 0.227 e. The summed E-state index contributed by atoms with van der Waals surface area (Å²) in [6.07, 6.45) is 0.434. The van der Waals surface area contributed by atoms with Crippen molar-refractivity contribution in [1.29, 1.82) is 0 Å². The first-order valence-electron chi connectivity index (χ1n) is 8.52. The van der Waals surface area contributed by atoms with Gasteiger partial charge in [-0.1, -0.05) is 41.9 Å². The number of nitrogens with zero attached hydrogens (tertiary/aromatic N) is 2. The van der Waals surface area contributed by atoms with Gasteiger partial charge < -0.3 is 9.64 Å². The molecule has 0 spiro atoms. The van der Waals surface area contributed by atoms with Crippen molar-refractivity contribution in [2.24, 2.45) is 0 Å². The van der Waals surface area contributed by atoms with Gasteiger partial charge in [0.1, 0.15) is 5.75 Å². The van der Waals surface area contributed by atoms with Gasteiger partial charge in [-0.15, -0.1) is 0 Å². The Hall–Kier alpha value is -2.04. The molecule has 132 valence electrons. The Bertz CT molecular complexity index is 710. The molecule has 1 saturated heterocycles. The van der Waals surface area contributed by atoms with Crippen molar-refractivity contribution in [2.45, 2.75) is 13.0 Å². The highest BCUT2D eigenvalue weighted by atomic mass is 35.5. The van der Waals surface area contributed by atoms with Crippen molar-refractivity contribution < 1.29 is 9.53 Å². The summed E-state index contributed by atoms with van der Waals surface area (Å²) in [5.41, 5.74) is 2.19. The zero-order valence-corrected chi connectivity index (χ0v) is 15.2. The summed E-state index contributed by atoms with van der Waals surface area (Å²) in [6, 6.07) is 15.6. The van der Waals surface area contributed by atoms with Gasteiger partial charge in [0.2, 0.25) is 5.91 Å². The molecular formula is C20H23ClN2O2. The van der Waals surface area contributed by atoms with Crippen LogP contribution in [0.2, 0.25) is 5.02 Å². The molecule has 0 bridgehead atoms. The van der Waals surface area contributed by atoms with Crippen LogP contribution in [-0.2, 0) is 17.8 Å². The minimum Gasteiger partial charge on any atom is -0.496 e. The predicted molar refractivity (Wildman–Crippen MR) is 100 cm³/mol. The molecule has 1 aliphatic heterocycles. The molecule has 5 heteroatoms. The van der Waals surface area contributed by atoms with Crippen molar-refractivity contribution in [3.05, 3.63) is 64.7 Å². The molecule has 0 radical (unpaired) electrons. The van der Waals surface area contributed by atoms with E-state index in [9.17, 15) is 4.79 Å². The van der Waals surface area contributed by atoms with Gasteiger partial charge in [0.15, 0.2) is 0 Å². The lowest BCUT2D eigenvalue weighted by molar-refractivity contribution is -0.132. The molecule has 1 fully saturated rings. The van der Waals surface area contributed by atoms with E-state index in [4.69, 9.17) is 16.3 Å². The molecule has 1 aliphatic rings. The number of rotatable bonds is 5. The highest BCUT2D eigenvalue weighted by Gasteiger charge is 2.21. The van der Waals surface area contributed by atoms with E-state index < -0.39 is 0 Å². The average molecular weight is 359 g/mol. The number of carbonyl (C=O) groups is 1. The Morgan fingerprint density at radius 3 is 2.40 bits per heavy atom. The number of hydrogen-bond donors (Lipinski definition) is 0. The maximum Gasteiger partial charge on any atom is 0.227 e. The van der Waals surface area contributed by atoms with Gasteiger partial charge in [0.25, 0.3) is 0 Å². The largest absolute Gasteiger partial charge is 0.496 e. The number of ether oxygens (including phenoxy) is 1. The van der Waals surface area contributed by atoms with Gasteiger partial charge in [-0.25, -0.2) is 0 Å². The van der Waals surface area contributed by atoms with Crippen LogP contribution in [-0.4, -0.2) is 49.0 Å². The Morgan fingerprint density at radius 1 is 1.04 bits per heavy atom. The molecule has 25 heavy (non-hydrogen) atoms. The molecule has 0 aliphatic carbocycles. The van der Waals surface area contributed by atoms with E-state index in [-0.39, 0.29) is 5.91 Å². The lowest BCUT2D eigenvalue weighted by Gasteiger charge is -2.35. The number of para-hydroxylation sites is 1. The third-order valence-electron chi connectivity index (χ3n) is 4.58. The summed E-state index contributed by atoms with van der Waals surface area (Å²) in [5.74, 6) is 1.10. The van der Waals surface area contributed by atoms with E-state index in [1.165, 1.54) is 5.56 Å². The van der Waals surface area contributed by atoms with Crippen molar-refractivity contribution in [3.8, 4) is 5.75 Å². The van der Waals surface area contributed by atoms with E-state index >= 15 is 0 Å². The first-order valence-corrected chi connectivity index (χ1v) is 8.90. The quantitative estimate of drug-likeness (QED) is 0.822. The van der Waals surface area contributed by atoms with Crippen LogP contribution in [0.1, 0.15) is 11.1 Å². The number of benzene rings is 2. The van der Waals surface area contributed by atoms with Crippen molar-refractivity contribution in [3.63, 3.8) is 0 Å². The Kier molecular flexibility index (Phi) is 5.95. The summed E-state index contributed by atoms with van der Waals surface area (Å²) in [7, 11) is 1.70. The summed E-state index contributed by atoms with van der Waals surface area (Å²) in [6.45, 7) is 4.14. The Labute approximate surface area is 154 Å². The minimum absolute atomic E-state index is 0.180. The van der Waals surface area contributed by atoms with Crippen LogP contribution in [0.15, 0.2) is 48.5 Å². The second-order valence-corrected chi connectivity index (χ2v) is 6.71. The summed E-state index contributed by atoms with van der Waals surface area (Å²) < 4.78 is 5.42. The highest BCUT2D eigenvalue weighted by Crippen LogP contribution is 2.20. The lowest BCUT2D eigenvalue weighted by atomic mass is 10.1. The molecule has 1 heterocycles. The van der Waals surface area contributed by atoms with Crippen molar-refractivity contribution in [1.82, 2.24) is 9.80 Å². The van der Waals surface area contributed by atoms with E-state index in [1.54, 1.807) is 7.11 Å². The first kappa shape index (κ1) is 17.8. The molecule has 2 aromatic carbocycles. The topological polar surface area (TPSA) is 32.8 Å². The van der Waals surface area contributed by atoms with Crippen LogP contribution in [0, 0.1) is 0 Å². The first-order chi connectivity index (χ1) is 12.2. The van der Waals surface area contributed by atoms with Crippen molar-refractivity contribution >= 4 is 17.5 Å². The number of hydrogen-bond acceptors (Lipinski definition) is 3. The minimum atomic E-state index is 0.180. The fraction of sp³-hybridized carbons (Fsp3) is 0.350. The third-order valence-corrected chi connectivity index (χ3v) is 4.83. The monoisotopic (exact) mass is 358 g/mol. The van der Waals surface area contributed by atoms with Crippen LogP contribution < -0.4 is 4.74 Å². The maximum atomic E-state index is 12.5. The van der Waals surface area contributed by atoms with Crippen molar-refractivity contribution in [2.75, 3.05) is 33.3 Å². The van der Waals surface area contributed by atoms with Crippen LogP contribution in [0.5, 0.6) is 5.75 Å². The van der Waals surface area contributed by atoms with Gasteiger partial charge in [0.05, 0.1) is 13.5 Å². The second-order valence-electron chi connectivity index (χ2n) is 6.27. The molecule has 0 N–H and O–H groups in total. The van der Waals surface area contributed by atoms with Gasteiger partial charge in [0, 0.05) is 43.3 Å². The fourth-order valence-electron chi connectivity index (χ4n) is 3.12. The Morgan fingerprint density at radius 2 is 1.72 bits per heavy atom. The molecule has 3 rings (SSSR count). The molecule has 0 atom stereocenters. The van der Waals surface area contributed by atoms with Gasteiger partial charge >= 0.3 is 0 Å². The molecule has 2 aromatic rings. The molecule has 0 unspecified atom stereocenters. The molecule has 1 amide bonds. The summed E-state index contributed by atoms with van der Waals surface area (Å²) in [4.78, 5) is 16.8. The lowest BCUT2D eigenvalue weighted by Crippen LogP contribution is -2.48. The average Bonchev–Trinajstić information content (AvgIpc) is 2.64. The molecule has 0 saturated carbocycles. The van der Waals surface area contributed by atoms with Gasteiger partial charge in [-0.05, 0) is 23.8 Å². The standard InChI is InChI=1S/C20H23ClN2O2/c1-25-19-5-3-2-4-17(19)15-22-10-12-23(13-11-22)20(24)14-16-6-8-18(21)9-7-16/h2-9H,10-15H2,1H3. The summed E-state index contributed by atoms with van der Waals surface area (Å²) >= 11 is 5.89. The van der Waals surface area contributed by atoms with Crippen LogP contribution in [0.3, 0.4) is 0 Å². The number of amides is 1. The van der Waals surface area contributed by atoms with E-state index in [2.05, 4.69) is 11.0 Å². The predicted octanol–water partition coefficient (Wildman–Crippen LogP) is 3.24. The number of methoxy groups -OCH3 is 1. The molecule has 4 nitrogen and oxygen atoms in total. The molecule has 0 aromatic heterocycles. The zero-order valence-electron chi connectivity index (χ0n) is 14.5. The molecular weight excluding hydrogens is 336 g/mol. The maximum absolute atomic E-state index is 12.5. The van der Waals surface area contributed by atoms with E-state index in [0.717, 1.165) is 44.0 Å². The number of halogens is 1. The fourth-order valence-corrected chi connectivity index (χ4v) is 3.24. The third kappa shape index (κ3) is 4.74. The van der Waals surface area contributed by atoms with E-state index in [1.807, 2.05) is 47.4 Å². The summed E-state index contributed by atoms with van der Waals surface area (Å²) in [5, 5.41) is 0.696. The second kappa shape index (κ2) is 8.37. The van der Waals surface area contributed by atoms with Crippen LogP contribution in [0.25, 0.3) is 0 Å². The van der Waals surface area contributed by atoms with Gasteiger partial charge in [-0.2, -0.15) is 0 Å². The van der Waals surface area contributed by atoms with Gasteiger partial charge in [-0.3, -0.25) is 9.69 Å². The highest BCUT2D eigenvalue weighted by molar-refractivity contribution is 6.30. The number of piperazine rings is 1. The normalized spacial score (nSPS) is 15.2. The van der Waals surface area contributed by atoms with Crippen LogP contribution in [0.4, 0.5) is 0 Å². The Balaban J connectivity index is 1.51. The SMILES string of the molecule is COc1ccccc1CN1CCN(C(=O)Cc2ccc(Cl)cc2)CC1. The van der Waals surface area contributed by atoms with E-state index in [0.29, 0.717) is 11.4 Å². The zero-order chi connectivity index (χ0) is 17.6.